The Labute approximate surface area is 73.3 Å². The van der Waals surface area contributed by atoms with Gasteiger partial charge in [0, 0.05) is 13.0 Å². The van der Waals surface area contributed by atoms with Crippen molar-refractivity contribution in [2.75, 3.05) is 6.61 Å². The number of hydrogen-bond donors (Lipinski definition) is 1. The summed E-state index contributed by atoms with van der Waals surface area (Å²) >= 11 is 0. The summed E-state index contributed by atoms with van der Waals surface area (Å²) < 4.78 is 84.1. The van der Waals surface area contributed by atoms with Crippen molar-refractivity contribution < 1.29 is 40.6 Å². The molecule has 0 aliphatic rings. The van der Waals surface area contributed by atoms with Crippen molar-refractivity contribution in [3.8, 4) is 0 Å². The molecule has 86 valence electrons. The molecule has 0 saturated heterocycles. The Kier molecular flexibility index (Phi) is 3.73. The standard InChI is InChI=1S/C5H5F7O2/c6-3(1-2-13,4(7,8)9)14-5(10,11)12/h13H,1-2H2. The molecule has 0 amide bonds. The molecule has 2 nitrogen and oxygen atoms in total. The number of aliphatic hydroxyl groups excluding tert-OH is 1. The molecule has 1 atom stereocenters. The molecule has 0 heterocycles. The first-order chi connectivity index (χ1) is 6.02. The number of hydrogen-bond acceptors (Lipinski definition) is 2. The minimum absolute atomic E-state index is 1.42. The molecule has 0 rings (SSSR count). The summed E-state index contributed by atoms with van der Waals surface area (Å²) in [7, 11) is 0. The van der Waals surface area contributed by atoms with E-state index < -0.39 is 31.4 Å². The first-order valence-corrected chi connectivity index (χ1v) is 3.15. The van der Waals surface area contributed by atoms with E-state index in [1.165, 1.54) is 0 Å². The molecule has 0 aromatic carbocycles. The fraction of sp³-hybridized carbons (Fsp3) is 1.00. The van der Waals surface area contributed by atoms with Gasteiger partial charge in [0.1, 0.15) is 0 Å². The molecule has 0 spiro atoms. The minimum Gasteiger partial charge on any atom is -0.396 e. The fourth-order valence-electron chi connectivity index (χ4n) is 0.578. The molecule has 0 bridgehead atoms. The highest BCUT2D eigenvalue weighted by Crippen LogP contribution is 2.41. The molecule has 0 aliphatic carbocycles. The van der Waals surface area contributed by atoms with Gasteiger partial charge in [0.25, 0.3) is 0 Å². The molecular formula is C5H5F7O2. The monoisotopic (exact) mass is 230 g/mol. The van der Waals surface area contributed by atoms with E-state index in [0.29, 0.717) is 0 Å². The molecule has 0 radical (unpaired) electrons. The maximum Gasteiger partial charge on any atom is 0.525 e. The summed E-state index contributed by atoms with van der Waals surface area (Å²) in [5.74, 6) is -4.90. The average Bonchev–Trinajstić information content (AvgIpc) is 1.79. The highest BCUT2D eigenvalue weighted by molar-refractivity contribution is 4.77. The average molecular weight is 230 g/mol. The second-order valence-corrected chi connectivity index (χ2v) is 2.25. The number of alkyl halides is 7. The number of aliphatic hydroxyl groups is 1. The van der Waals surface area contributed by atoms with E-state index in [0.717, 1.165) is 0 Å². The molecule has 14 heavy (non-hydrogen) atoms. The predicted molar refractivity (Wildman–Crippen MR) is 28.7 cm³/mol. The van der Waals surface area contributed by atoms with E-state index in [-0.39, 0.29) is 0 Å². The number of rotatable bonds is 3. The summed E-state index contributed by atoms with van der Waals surface area (Å²) in [6, 6.07) is 0. The third-order valence-corrected chi connectivity index (χ3v) is 1.13. The van der Waals surface area contributed by atoms with Crippen LogP contribution in [0.3, 0.4) is 0 Å². The van der Waals surface area contributed by atoms with Crippen LogP contribution in [-0.2, 0) is 4.74 Å². The Hall–Kier alpha value is -0.570. The molecule has 0 saturated carbocycles. The van der Waals surface area contributed by atoms with Crippen LogP contribution >= 0.6 is 0 Å². The highest BCUT2D eigenvalue weighted by atomic mass is 19.4. The van der Waals surface area contributed by atoms with Crippen molar-refractivity contribution in [1.82, 2.24) is 0 Å². The van der Waals surface area contributed by atoms with E-state index in [9.17, 15) is 30.7 Å². The fourth-order valence-corrected chi connectivity index (χ4v) is 0.578. The molecule has 0 aromatic heterocycles. The van der Waals surface area contributed by atoms with Gasteiger partial charge < -0.3 is 5.11 Å². The van der Waals surface area contributed by atoms with Gasteiger partial charge in [-0.25, -0.2) is 9.13 Å². The van der Waals surface area contributed by atoms with Crippen LogP contribution in [0.5, 0.6) is 0 Å². The molecule has 1 unspecified atom stereocenters. The van der Waals surface area contributed by atoms with E-state index >= 15 is 0 Å². The van der Waals surface area contributed by atoms with Gasteiger partial charge in [-0.1, -0.05) is 0 Å². The molecule has 9 heteroatoms. The highest BCUT2D eigenvalue weighted by Gasteiger charge is 2.62. The number of halogens is 7. The third kappa shape index (κ3) is 3.66. The second kappa shape index (κ2) is 3.89. The smallest absolute Gasteiger partial charge is 0.396 e. The maximum absolute atomic E-state index is 12.6. The van der Waals surface area contributed by atoms with Gasteiger partial charge in [0.2, 0.25) is 0 Å². The summed E-state index contributed by atoms with van der Waals surface area (Å²) in [6.07, 6.45) is -13.5. The minimum atomic E-state index is -5.86. The van der Waals surface area contributed by atoms with E-state index in [2.05, 4.69) is 4.74 Å². The summed E-state index contributed by atoms with van der Waals surface area (Å²) in [5.41, 5.74) is 0. The molecule has 0 aliphatic heterocycles. The Morgan fingerprint density at radius 2 is 1.36 bits per heavy atom. The lowest BCUT2D eigenvalue weighted by Crippen LogP contribution is -2.47. The lowest BCUT2D eigenvalue weighted by molar-refractivity contribution is -0.449. The van der Waals surface area contributed by atoms with Crippen LogP contribution in [0.4, 0.5) is 30.7 Å². The summed E-state index contributed by atoms with van der Waals surface area (Å²) in [5, 5.41) is 7.97. The van der Waals surface area contributed by atoms with Crippen molar-refractivity contribution in [1.29, 1.82) is 0 Å². The van der Waals surface area contributed by atoms with E-state index in [1.54, 1.807) is 0 Å². The Morgan fingerprint density at radius 1 is 0.929 bits per heavy atom. The summed E-state index contributed by atoms with van der Waals surface area (Å²) in [4.78, 5) is 0. The summed E-state index contributed by atoms with van der Waals surface area (Å²) in [6.45, 7) is -1.42. The lowest BCUT2D eigenvalue weighted by atomic mass is 10.2. The van der Waals surface area contributed by atoms with Gasteiger partial charge in [-0.15, -0.1) is 13.2 Å². The van der Waals surface area contributed by atoms with Crippen LogP contribution < -0.4 is 0 Å². The SMILES string of the molecule is OCCC(F)(OC(F)(F)F)C(F)(F)F. The Balaban J connectivity index is 4.74. The maximum atomic E-state index is 12.6. The molecule has 0 fully saturated rings. The van der Waals surface area contributed by atoms with Gasteiger partial charge in [0.05, 0.1) is 0 Å². The normalized spacial score (nSPS) is 18.0. The van der Waals surface area contributed by atoms with E-state index in [1.807, 2.05) is 0 Å². The zero-order valence-electron chi connectivity index (χ0n) is 6.42. The molecule has 0 aromatic rings. The van der Waals surface area contributed by atoms with Crippen molar-refractivity contribution in [3.05, 3.63) is 0 Å². The van der Waals surface area contributed by atoms with Crippen molar-refractivity contribution in [2.24, 2.45) is 0 Å². The van der Waals surface area contributed by atoms with Gasteiger partial charge >= 0.3 is 18.4 Å². The van der Waals surface area contributed by atoms with Crippen molar-refractivity contribution in [3.63, 3.8) is 0 Å². The number of ether oxygens (including phenoxy) is 1. The van der Waals surface area contributed by atoms with Crippen LogP contribution in [-0.4, -0.2) is 30.1 Å². The molecular weight excluding hydrogens is 225 g/mol. The quantitative estimate of drug-likeness (QED) is 0.752. The zero-order valence-corrected chi connectivity index (χ0v) is 6.42. The van der Waals surface area contributed by atoms with Crippen LogP contribution in [0.2, 0.25) is 0 Å². The Bertz CT molecular complexity index is 185. The first kappa shape index (κ1) is 13.4. The van der Waals surface area contributed by atoms with Crippen molar-refractivity contribution >= 4 is 0 Å². The van der Waals surface area contributed by atoms with Gasteiger partial charge in [0.15, 0.2) is 0 Å². The van der Waals surface area contributed by atoms with Gasteiger partial charge in [-0.05, 0) is 0 Å². The Morgan fingerprint density at radius 3 is 1.57 bits per heavy atom. The molecule has 1 N–H and O–H groups in total. The predicted octanol–water partition coefficient (Wildman–Crippen LogP) is 2.13. The van der Waals surface area contributed by atoms with Crippen LogP contribution in [0.15, 0.2) is 0 Å². The second-order valence-electron chi connectivity index (χ2n) is 2.25. The topological polar surface area (TPSA) is 29.5 Å². The lowest BCUT2D eigenvalue weighted by Gasteiger charge is -2.27. The van der Waals surface area contributed by atoms with Crippen LogP contribution in [0.25, 0.3) is 0 Å². The van der Waals surface area contributed by atoms with Crippen LogP contribution in [0, 0.1) is 0 Å². The zero-order chi connectivity index (χ0) is 11.6. The van der Waals surface area contributed by atoms with Crippen LogP contribution in [0.1, 0.15) is 6.42 Å². The van der Waals surface area contributed by atoms with Gasteiger partial charge in [-0.3, -0.25) is 0 Å². The third-order valence-electron chi connectivity index (χ3n) is 1.13. The van der Waals surface area contributed by atoms with E-state index in [4.69, 9.17) is 5.11 Å². The first-order valence-electron chi connectivity index (χ1n) is 3.15. The van der Waals surface area contributed by atoms with Gasteiger partial charge in [-0.2, -0.15) is 13.2 Å². The van der Waals surface area contributed by atoms with Crippen molar-refractivity contribution in [2.45, 2.75) is 24.8 Å². The largest absolute Gasteiger partial charge is 0.525 e.